The summed E-state index contributed by atoms with van der Waals surface area (Å²) >= 11 is 0. The minimum atomic E-state index is -2.73. The zero-order valence-electron chi connectivity index (χ0n) is 10.5. The Morgan fingerprint density at radius 1 is 0.889 bits per heavy atom. The number of hydrogen-bond acceptors (Lipinski definition) is 8. The molecule has 0 radical (unpaired) electrons. The van der Waals surface area contributed by atoms with E-state index in [4.69, 9.17) is 0 Å². The molecule has 2 aliphatic rings. The molecule has 0 spiro atoms. The molecule has 2 aliphatic heterocycles. The first-order chi connectivity index (χ1) is 7.40. The quantitative estimate of drug-likeness (QED) is 0.285. The van der Waals surface area contributed by atoms with Gasteiger partial charge in [0.15, 0.2) is 0 Å². The molecule has 8 nitrogen and oxygen atoms in total. The second kappa shape index (κ2) is 10.7. The van der Waals surface area contributed by atoms with Crippen LogP contribution >= 0.6 is 16.5 Å². The minimum absolute atomic E-state index is 0. The Kier molecular flexibility index (Phi) is 13.2. The molecular weight excluding hydrogens is 308 g/mol. The fraction of sp³-hybridized carbons (Fsp3) is 1.00. The Morgan fingerprint density at radius 2 is 1.11 bits per heavy atom. The Bertz CT molecular complexity index is 265. The van der Waals surface area contributed by atoms with Crippen molar-refractivity contribution in [2.24, 2.45) is 0 Å². The van der Waals surface area contributed by atoms with E-state index >= 15 is 0 Å². The Morgan fingerprint density at radius 3 is 1.17 bits per heavy atom. The van der Waals surface area contributed by atoms with Crippen LogP contribution in [0.15, 0.2) is 0 Å². The number of rotatable bonds is 4. The van der Waals surface area contributed by atoms with E-state index in [9.17, 15) is 18.9 Å². The fourth-order valence-electron chi connectivity index (χ4n) is 0.723. The van der Waals surface area contributed by atoms with Gasteiger partial charge in [-0.05, 0) is 23.0 Å². The van der Waals surface area contributed by atoms with Crippen molar-refractivity contribution in [1.82, 2.24) is 0 Å². The average molecular weight is 318 g/mol. The van der Waals surface area contributed by atoms with Crippen molar-refractivity contribution < 1.29 is 96.6 Å². The number of hydrogen-bond donors (Lipinski definition) is 0. The van der Waals surface area contributed by atoms with E-state index in [0.717, 1.165) is 0 Å². The molecule has 0 aromatic rings. The van der Waals surface area contributed by atoms with Crippen LogP contribution in [-0.2, 0) is 27.7 Å². The van der Waals surface area contributed by atoms with E-state index in [1.165, 1.54) is 0 Å². The van der Waals surface area contributed by atoms with Crippen LogP contribution in [0.25, 0.3) is 0 Å². The van der Waals surface area contributed by atoms with Crippen molar-refractivity contribution in [3.63, 3.8) is 0 Å². The van der Waals surface area contributed by atoms with Crippen LogP contribution in [0, 0.1) is 0 Å². The topological polar surface area (TPSA) is 124 Å². The molecule has 0 aromatic heterocycles. The summed E-state index contributed by atoms with van der Waals surface area (Å²) in [6, 6.07) is 0. The molecule has 0 N–H and O–H groups in total. The summed E-state index contributed by atoms with van der Waals surface area (Å²) in [4.78, 5) is 19.5. The molecule has 0 aliphatic carbocycles. The van der Waals surface area contributed by atoms with Gasteiger partial charge in [-0.1, -0.05) is 0 Å². The maximum atomic E-state index is 9.73. The summed E-state index contributed by atoms with van der Waals surface area (Å²) in [6.07, 6.45) is -1.11. The van der Waals surface area contributed by atoms with Gasteiger partial charge in [0.1, 0.15) is 12.2 Å². The van der Waals surface area contributed by atoms with Gasteiger partial charge < -0.3 is 19.3 Å². The monoisotopic (exact) mass is 318 g/mol. The molecule has 0 saturated carbocycles. The van der Waals surface area contributed by atoms with Gasteiger partial charge in [0, 0.05) is 0 Å². The average Bonchev–Trinajstić information content (AvgIpc) is 2.96. The predicted octanol–water partition coefficient (Wildman–Crippen LogP) is -6.46. The molecular formula is C6H10Na2O8P2+2. The van der Waals surface area contributed by atoms with E-state index in [1.807, 2.05) is 0 Å². The predicted molar refractivity (Wildman–Crippen MR) is 46.1 cm³/mol. The summed E-state index contributed by atoms with van der Waals surface area (Å²) in [5, 5.41) is 0. The molecule has 6 atom stereocenters. The third kappa shape index (κ3) is 10.7. The van der Waals surface area contributed by atoms with Crippen LogP contribution in [0.2, 0.25) is 0 Å². The van der Waals surface area contributed by atoms with Crippen LogP contribution in [0.4, 0.5) is 0 Å². The Labute approximate surface area is 150 Å². The molecule has 2 saturated heterocycles. The van der Waals surface area contributed by atoms with Crippen molar-refractivity contribution in [3.05, 3.63) is 0 Å². The first kappa shape index (κ1) is 22.2. The Balaban J connectivity index is 0. The molecule has 2 heterocycles. The third-order valence-electron chi connectivity index (χ3n) is 1.69. The summed E-state index contributed by atoms with van der Waals surface area (Å²) in [5.74, 6) is 0. The molecule has 12 heteroatoms. The molecule has 0 aromatic carbocycles. The second-order valence-corrected chi connectivity index (χ2v) is 4.39. The summed E-state index contributed by atoms with van der Waals surface area (Å²) in [6.45, 7) is 3.48. The van der Waals surface area contributed by atoms with Gasteiger partial charge in [0.25, 0.3) is 0 Å². The van der Waals surface area contributed by atoms with E-state index < -0.39 is 29.1 Å². The van der Waals surface area contributed by atoms with E-state index in [1.54, 1.807) is 13.8 Å². The second-order valence-electron chi connectivity index (χ2n) is 3.08. The van der Waals surface area contributed by atoms with Gasteiger partial charge in [-0.15, -0.1) is 9.05 Å². The van der Waals surface area contributed by atoms with Crippen LogP contribution in [-0.4, -0.2) is 24.8 Å². The van der Waals surface area contributed by atoms with E-state index in [-0.39, 0.29) is 71.3 Å². The van der Waals surface area contributed by atoms with Gasteiger partial charge in [0.05, 0.1) is 0 Å². The molecule has 2 fully saturated rings. The van der Waals surface area contributed by atoms with Gasteiger partial charge >= 0.3 is 75.6 Å². The summed E-state index contributed by atoms with van der Waals surface area (Å²) in [5.41, 5.74) is 0. The van der Waals surface area contributed by atoms with Crippen LogP contribution in [0.1, 0.15) is 13.8 Å². The minimum Gasteiger partial charge on any atom is -0.566 e. The fourth-order valence-corrected chi connectivity index (χ4v) is 1.50. The normalized spacial score (nSPS) is 32.9. The van der Waals surface area contributed by atoms with Crippen LogP contribution in [0.5, 0.6) is 0 Å². The van der Waals surface area contributed by atoms with Gasteiger partial charge in [-0.25, -0.2) is 0 Å². The number of ether oxygens (including phenoxy) is 2. The molecule has 0 bridgehead atoms. The maximum absolute atomic E-state index is 9.73. The smallest absolute Gasteiger partial charge is 0.566 e. The summed E-state index contributed by atoms with van der Waals surface area (Å²) < 4.78 is 37.1. The zero-order valence-corrected chi connectivity index (χ0v) is 16.3. The van der Waals surface area contributed by atoms with Crippen molar-refractivity contribution in [1.29, 1.82) is 0 Å². The van der Waals surface area contributed by atoms with Crippen molar-refractivity contribution in [2.75, 3.05) is 0 Å². The van der Waals surface area contributed by atoms with Crippen molar-refractivity contribution >= 4 is 16.5 Å². The molecule has 0 amide bonds. The third-order valence-corrected chi connectivity index (χ3v) is 2.45. The SMILES string of the molecule is C[C@@H]1O[C@@H]1O[P+](=O)[O-].C[C@@H]1O[C@@H]1O[P+](=O)[O-].[Na+].[Na+]. The first-order valence-electron chi connectivity index (χ1n) is 4.33. The van der Waals surface area contributed by atoms with Gasteiger partial charge in [-0.2, -0.15) is 0 Å². The van der Waals surface area contributed by atoms with Crippen molar-refractivity contribution in [2.45, 2.75) is 38.6 Å². The molecule has 2 unspecified atom stereocenters. The first-order valence-corrected chi connectivity index (χ1v) is 6.52. The zero-order chi connectivity index (χ0) is 12.3. The number of epoxide rings is 2. The van der Waals surface area contributed by atoms with Crippen LogP contribution in [0.3, 0.4) is 0 Å². The molecule has 92 valence electrons. The molecule has 2 rings (SSSR count). The standard InChI is InChI=1S/2C3H5O4P.2Na/c2*1-2-3(6-2)7-8(4)5;;/h2*2-3H,1H3;;/q;;2*+1/t2*2-,3+;;/m00../s1. The van der Waals surface area contributed by atoms with E-state index in [2.05, 4.69) is 18.5 Å². The maximum Gasteiger partial charge on any atom is 1.00 e. The van der Waals surface area contributed by atoms with E-state index in [0.29, 0.717) is 0 Å². The van der Waals surface area contributed by atoms with Crippen molar-refractivity contribution in [3.8, 4) is 0 Å². The Hall–Kier alpha value is 1.96. The van der Waals surface area contributed by atoms with Crippen LogP contribution < -0.4 is 68.9 Å². The largest absolute Gasteiger partial charge is 1.00 e. The molecule has 18 heavy (non-hydrogen) atoms. The van der Waals surface area contributed by atoms with Gasteiger partial charge in [0.2, 0.25) is 12.6 Å². The summed E-state index contributed by atoms with van der Waals surface area (Å²) in [7, 11) is -5.46. The van der Waals surface area contributed by atoms with Gasteiger partial charge in [-0.3, -0.25) is 0 Å².